The second-order valence-electron chi connectivity index (χ2n) is 2.61. The first-order valence-electron chi connectivity index (χ1n) is 3.76. The molecule has 0 aliphatic rings. The summed E-state index contributed by atoms with van der Waals surface area (Å²) in [6, 6.07) is 4.89. The summed E-state index contributed by atoms with van der Waals surface area (Å²) in [7, 11) is 0. The fraction of sp³-hybridized carbons (Fsp3) is 0.111. The molecule has 1 rings (SSSR count). The highest BCUT2D eigenvalue weighted by molar-refractivity contribution is 9.10. The Morgan fingerprint density at radius 3 is 2.71 bits per heavy atom. The molecule has 0 unspecified atom stereocenters. The summed E-state index contributed by atoms with van der Waals surface area (Å²) in [6.45, 7) is 0.0930. The molecule has 0 aliphatic carbocycles. The van der Waals surface area contributed by atoms with Gasteiger partial charge in [0.2, 0.25) is 0 Å². The molecule has 1 aromatic rings. The second-order valence-corrected chi connectivity index (χ2v) is 3.52. The molecule has 3 N–H and O–H groups in total. The first-order valence-corrected chi connectivity index (χ1v) is 4.55. The minimum atomic E-state index is -1.13. The van der Waals surface area contributed by atoms with Gasteiger partial charge in [-0.1, -0.05) is 15.9 Å². The van der Waals surface area contributed by atoms with Crippen LogP contribution in [0.4, 0.5) is 0 Å². The zero-order chi connectivity index (χ0) is 10.7. The van der Waals surface area contributed by atoms with Crippen LogP contribution in [0.3, 0.4) is 0 Å². The molecule has 1 aromatic carbocycles. The quantitative estimate of drug-likeness (QED) is 0.837. The molecule has 0 saturated carbocycles. The smallest absolute Gasteiger partial charge is 0.337 e. The van der Waals surface area contributed by atoms with E-state index in [1.807, 2.05) is 6.07 Å². The third-order valence-electron chi connectivity index (χ3n) is 1.74. The summed E-state index contributed by atoms with van der Waals surface area (Å²) in [5.74, 6) is -1.13. The van der Waals surface area contributed by atoms with Crippen molar-refractivity contribution in [3.05, 3.63) is 33.3 Å². The number of carboxylic acids is 1. The fourth-order valence-electron chi connectivity index (χ4n) is 1.17. The largest absolute Gasteiger partial charge is 0.478 e. The molecule has 5 heteroatoms. The maximum Gasteiger partial charge on any atom is 0.337 e. The van der Waals surface area contributed by atoms with Crippen molar-refractivity contribution in [1.82, 2.24) is 0 Å². The highest BCUT2D eigenvalue weighted by Crippen LogP contribution is 2.21. The monoisotopic (exact) mass is 254 g/mol. The maximum absolute atomic E-state index is 10.8. The number of aromatic carboxylic acids is 1. The Kier molecular flexibility index (Phi) is 3.23. The van der Waals surface area contributed by atoms with Crippen LogP contribution in [0.1, 0.15) is 21.5 Å². The van der Waals surface area contributed by atoms with Crippen molar-refractivity contribution >= 4 is 21.9 Å². The van der Waals surface area contributed by atoms with Gasteiger partial charge in [-0.25, -0.2) is 4.79 Å². The van der Waals surface area contributed by atoms with Crippen molar-refractivity contribution in [2.45, 2.75) is 6.54 Å². The number of halogens is 1. The van der Waals surface area contributed by atoms with Crippen LogP contribution < -0.4 is 5.73 Å². The molecule has 0 fully saturated rings. The molecule has 4 nitrogen and oxygen atoms in total. The molecule has 0 bridgehead atoms. The number of rotatable bonds is 2. The second kappa shape index (κ2) is 4.22. The molecule has 14 heavy (non-hydrogen) atoms. The lowest BCUT2D eigenvalue weighted by atomic mass is 10.0. The Bertz CT molecular complexity index is 424. The Morgan fingerprint density at radius 1 is 1.64 bits per heavy atom. The molecule has 0 radical (unpaired) electrons. The van der Waals surface area contributed by atoms with Crippen LogP contribution in [0.15, 0.2) is 16.6 Å². The lowest BCUT2D eigenvalue weighted by Gasteiger charge is -2.05. The number of carboxylic acid groups (broad SMARTS) is 1. The Morgan fingerprint density at radius 2 is 2.29 bits per heavy atom. The third kappa shape index (κ3) is 1.92. The van der Waals surface area contributed by atoms with Crippen molar-refractivity contribution in [2.75, 3.05) is 0 Å². The van der Waals surface area contributed by atoms with E-state index < -0.39 is 5.97 Å². The highest BCUT2D eigenvalue weighted by atomic mass is 79.9. The highest BCUT2D eigenvalue weighted by Gasteiger charge is 2.15. The summed E-state index contributed by atoms with van der Waals surface area (Å²) in [5, 5.41) is 17.6. The molecule has 0 atom stereocenters. The molecule has 0 aromatic heterocycles. The zero-order valence-electron chi connectivity index (χ0n) is 7.12. The van der Waals surface area contributed by atoms with E-state index in [0.29, 0.717) is 10.0 Å². The predicted octanol–water partition coefficient (Wildman–Crippen LogP) is 1.48. The number of hydrogen-bond donors (Lipinski definition) is 2. The van der Waals surface area contributed by atoms with Gasteiger partial charge in [-0.05, 0) is 17.7 Å². The molecule has 0 heterocycles. The Balaban J connectivity index is 3.50. The third-order valence-corrected chi connectivity index (χ3v) is 2.20. The van der Waals surface area contributed by atoms with E-state index in [1.165, 1.54) is 6.07 Å². The molecular formula is C9H7BrN2O2. The van der Waals surface area contributed by atoms with Crippen LogP contribution in [0.2, 0.25) is 0 Å². The van der Waals surface area contributed by atoms with Crippen LogP contribution >= 0.6 is 15.9 Å². The number of nitriles is 1. The lowest BCUT2D eigenvalue weighted by Crippen LogP contribution is -2.09. The summed E-state index contributed by atoms with van der Waals surface area (Å²) in [5.41, 5.74) is 5.94. The molecular weight excluding hydrogens is 248 g/mol. The predicted molar refractivity (Wildman–Crippen MR) is 53.7 cm³/mol. The fourth-order valence-corrected chi connectivity index (χ4v) is 1.67. The lowest BCUT2D eigenvalue weighted by molar-refractivity contribution is 0.0695. The van der Waals surface area contributed by atoms with Gasteiger partial charge in [-0.2, -0.15) is 5.26 Å². The van der Waals surface area contributed by atoms with Crippen molar-refractivity contribution in [1.29, 1.82) is 5.26 Å². The summed E-state index contributed by atoms with van der Waals surface area (Å²) in [4.78, 5) is 10.8. The first-order chi connectivity index (χ1) is 6.60. The van der Waals surface area contributed by atoms with Gasteiger partial charge in [-0.3, -0.25) is 0 Å². The van der Waals surface area contributed by atoms with Crippen LogP contribution in [-0.4, -0.2) is 11.1 Å². The van der Waals surface area contributed by atoms with Gasteiger partial charge in [0.05, 0.1) is 11.1 Å². The minimum Gasteiger partial charge on any atom is -0.478 e. The van der Waals surface area contributed by atoms with Crippen LogP contribution in [0.5, 0.6) is 0 Å². The summed E-state index contributed by atoms with van der Waals surface area (Å²) >= 11 is 3.18. The van der Waals surface area contributed by atoms with E-state index in [1.54, 1.807) is 6.07 Å². The molecule has 0 amide bonds. The number of benzene rings is 1. The van der Waals surface area contributed by atoms with Gasteiger partial charge in [0.25, 0.3) is 0 Å². The van der Waals surface area contributed by atoms with Crippen LogP contribution in [-0.2, 0) is 6.54 Å². The SMILES string of the molecule is N#Cc1cc(Br)cc(CN)c1C(=O)O. The molecule has 0 saturated heterocycles. The van der Waals surface area contributed by atoms with Crippen molar-refractivity contribution < 1.29 is 9.90 Å². The van der Waals surface area contributed by atoms with Gasteiger partial charge in [-0.15, -0.1) is 0 Å². The number of nitrogens with two attached hydrogens (primary N) is 1. The zero-order valence-corrected chi connectivity index (χ0v) is 8.71. The molecule has 72 valence electrons. The van der Waals surface area contributed by atoms with E-state index in [-0.39, 0.29) is 17.7 Å². The van der Waals surface area contributed by atoms with E-state index in [9.17, 15) is 4.79 Å². The normalized spacial score (nSPS) is 9.50. The van der Waals surface area contributed by atoms with Crippen LogP contribution in [0, 0.1) is 11.3 Å². The average molecular weight is 255 g/mol. The first kappa shape index (κ1) is 10.7. The van der Waals surface area contributed by atoms with Crippen molar-refractivity contribution in [2.24, 2.45) is 5.73 Å². The molecule has 0 aliphatic heterocycles. The van der Waals surface area contributed by atoms with E-state index in [4.69, 9.17) is 16.1 Å². The van der Waals surface area contributed by atoms with Crippen molar-refractivity contribution in [3.8, 4) is 6.07 Å². The Hall–Kier alpha value is -1.38. The number of carbonyl (C=O) groups is 1. The van der Waals surface area contributed by atoms with Crippen LogP contribution in [0.25, 0.3) is 0 Å². The maximum atomic E-state index is 10.8. The van der Waals surface area contributed by atoms with E-state index in [0.717, 1.165) is 0 Å². The van der Waals surface area contributed by atoms with Gasteiger partial charge < -0.3 is 10.8 Å². The summed E-state index contributed by atoms with van der Waals surface area (Å²) in [6.07, 6.45) is 0. The number of nitrogens with zero attached hydrogens (tertiary/aromatic N) is 1. The number of hydrogen-bond acceptors (Lipinski definition) is 3. The average Bonchev–Trinajstić information content (AvgIpc) is 2.15. The van der Waals surface area contributed by atoms with Gasteiger partial charge in [0.15, 0.2) is 0 Å². The van der Waals surface area contributed by atoms with Gasteiger partial charge in [0.1, 0.15) is 6.07 Å². The Labute approximate surface area is 89.1 Å². The van der Waals surface area contributed by atoms with E-state index in [2.05, 4.69) is 15.9 Å². The summed E-state index contributed by atoms with van der Waals surface area (Å²) < 4.78 is 0.652. The van der Waals surface area contributed by atoms with E-state index >= 15 is 0 Å². The molecule has 0 spiro atoms. The van der Waals surface area contributed by atoms with Gasteiger partial charge in [0, 0.05) is 11.0 Å². The standard InChI is InChI=1S/C9H7BrN2O2/c10-7-1-5(3-11)8(9(13)14)6(2-7)4-12/h1-2H,3,11H2,(H,13,14). The van der Waals surface area contributed by atoms with Crippen molar-refractivity contribution in [3.63, 3.8) is 0 Å². The van der Waals surface area contributed by atoms with Gasteiger partial charge >= 0.3 is 5.97 Å². The topological polar surface area (TPSA) is 87.1 Å². The minimum absolute atomic E-state index is 0.0156.